The van der Waals surface area contributed by atoms with E-state index in [2.05, 4.69) is 12.2 Å². The van der Waals surface area contributed by atoms with Crippen LogP contribution in [0.25, 0.3) is 0 Å². The van der Waals surface area contributed by atoms with Crippen LogP contribution in [0.1, 0.15) is 52.9 Å². The number of carbonyl (C=O) groups is 2. The Morgan fingerprint density at radius 2 is 1.78 bits per heavy atom. The second-order valence-electron chi connectivity index (χ2n) is 4.31. The summed E-state index contributed by atoms with van der Waals surface area (Å²) in [5.41, 5.74) is 0. The van der Waals surface area contributed by atoms with E-state index in [9.17, 15) is 9.59 Å². The molecule has 1 unspecified atom stereocenters. The van der Waals surface area contributed by atoms with E-state index in [-0.39, 0.29) is 18.4 Å². The van der Waals surface area contributed by atoms with E-state index < -0.39 is 6.09 Å². The van der Waals surface area contributed by atoms with Crippen LogP contribution in [0.4, 0.5) is 4.79 Å². The fraction of sp³-hybridized carbons (Fsp3) is 0.846. The maximum Gasteiger partial charge on any atom is 0.407 e. The molecule has 5 heteroatoms. The molecule has 0 saturated carbocycles. The molecule has 0 aliphatic rings. The van der Waals surface area contributed by atoms with Crippen LogP contribution >= 0.6 is 0 Å². The van der Waals surface area contributed by atoms with Crippen molar-refractivity contribution in [3.63, 3.8) is 0 Å². The Morgan fingerprint density at radius 1 is 1.06 bits per heavy atom. The van der Waals surface area contributed by atoms with E-state index in [4.69, 9.17) is 9.47 Å². The minimum Gasteiger partial charge on any atom is -0.466 e. The highest BCUT2D eigenvalue weighted by atomic mass is 16.5. The average molecular weight is 259 g/mol. The zero-order valence-corrected chi connectivity index (χ0v) is 11.7. The molecule has 0 aliphatic carbocycles. The third-order valence-corrected chi connectivity index (χ3v) is 2.29. The fourth-order valence-electron chi connectivity index (χ4n) is 1.34. The van der Waals surface area contributed by atoms with Gasteiger partial charge in [-0.05, 0) is 19.8 Å². The predicted octanol–water partition coefficient (Wildman–Crippen LogP) is 2.63. The van der Waals surface area contributed by atoms with Gasteiger partial charge in [0.05, 0.1) is 19.6 Å². The average Bonchev–Trinajstić information content (AvgIpc) is 2.31. The van der Waals surface area contributed by atoms with Crippen molar-refractivity contribution in [2.45, 2.75) is 58.9 Å². The summed E-state index contributed by atoms with van der Waals surface area (Å²) in [6.45, 7) is 6.61. The summed E-state index contributed by atoms with van der Waals surface area (Å²) in [6, 6.07) is -0.270. The van der Waals surface area contributed by atoms with Gasteiger partial charge in [-0.15, -0.1) is 0 Å². The first kappa shape index (κ1) is 16.7. The molecule has 0 heterocycles. The minimum absolute atomic E-state index is 0.174. The Kier molecular flexibility index (Phi) is 10.1. The van der Waals surface area contributed by atoms with E-state index in [0.29, 0.717) is 13.2 Å². The van der Waals surface area contributed by atoms with Crippen LogP contribution in [-0.2, 0) is 14.3 Å². The van der Waals surface area contributed by atoms with Gasteiger partial charge in [-0.2, -0.15) is 0 Å². The second kappa shape index (κ2) is 10.9. The summed E-state index contributed by atoms with van der Waals surface area (Å²) in [5, 5.41) is 2.59. The second-order valence-corrected chi connectivity index (χ2v) is 4.31. The van der Waals surface area contributed by atoms with Crippen molar-refractivity contribution < 1.29 is 19.1 Å². The standard InChI is InChI=1S/C13H25NO4/c1-4-6-7-9-17-12(15)10-11(3)14-13(16)18-8-5-2/h11H,4-10H2,1-3H3,(H,14,16). The van der Waals surface area contributed by atoms with Crippen LogP contribution in [0.15, 0.2) is 0 Å². The van der Waals surface area contributed by atoms with Gasteiger partial charge < -0.3 is 14.8 Å². The molecule has 0 radical (unpaired) electrons. The van der Waals surface area contributed by atoms with E-state index in [1.807, 2.05) is 6.92 Å². The van der Waals surface area contributed by atoms with Crippen molar-refractivity contribution in [1.29, 1.82) is 0 Å². The third-order valence-electron chi connectivity index (χ3n) is 2.29. The maximum absolute atomic E-state index is 11.4. The van der Waals surface area contributed by atoms with Gasteiger partial charge in [-0.3, -0.25) is 4.79 Å². The molecular weight excluding hydrogens is 234 g/mol. The highest BCUT2D eigenvalue weighted by Gasteiger charge is 2.13. The first-order valence-electron chi connectivity index (χ1n) is 6.69. The zero-order valence-electron chi connectivity index (χ0n) is 11.7. The molecule has 0 aliphatic heterocycles. The Labute approximate surface area is 109 Å². The van der Waals surface area contributed by atoms with Gasteiger partial charge >= 0.3 is 12.1 Å². The van der Waals surface area contributed by atoms with Crippen molar-refractivity contribution in [3.05, 3.63) is 0 Å². The number of hydrogen-bond acceptors (Lipinski definition) is 4. The van der Waals surface area contributed by atoms with Crippen molar-refractivity contribution >= 4 is 12.1 Å². The molecule has 5 nitrogen and oxygen atoms in total. The Balaban J connectivity index is 3.63. The molecule has 0 fully saturated rings. The molecule has 1 amide bonds. The predicted molar refractivity (Wildman–Crippen MR) is 69.3 cm³/mol. The number of rotatable bonds is 9. The molecule has 0 rings (SSSR count). The molecule has 0 aromatic heterocycles. The van der Waals surface area contributed by atoms with Gasteiger partial charge in [0, 0.05) is 6.04 Å². The third kappa shape index (κ3) is 9.93. The fourth-order valence-corrected chi connectivity index (χ4v) is 1.34. The van der Waals surface area contributed by atoms with E-state index in [1.165, 1.54) is 0 Å². The van der Waals surface area contributed by atoms with Gasteiger partial charge in [-0.1, -0.05) is 26.7 Å². The summed E-state index contributed by atoms with van der Waals surface area (Å²) in [6.07, 6.45) is 3.52. The molecule has 0 bridgehead atoms. The normalized spacial score (nSPS) is 11.7. The lowest BCUT2D eigenvalue weighted by molar-refractivity contribution is -0.144. The summed E-state index contributed by atoms with van der Waals surface area (Å²) in [5.74, 6) is -0.283. The van der Waals surface area contributed by atoms with E-state index in [0.717, 1.165) is 25.7 Å². The summed E-state index contributed by atoms with van der Waals surface area (Å²) in [4.78, 5) is 22.6. The van der Waals surface area contributed by atoms with Crippen LogP contribution in [0.2, 0.25) is 0 Å². The van der Waals surface area contributed by atoms with Gasteiger partial charge in [0.25, 0.3) is 0 Å². The van der Waals surface area contributed by atoms with Crippen LogP contribution in [-0.4, -0.2) is 31.3 Å². The lowest BCUT2D eigenvalue weighted by atomic mass is 10.2. The number of ether oxygens (including phenoxy) is 2. The van der Waals surface area contributed by atoms with Crippen molar-refractivity contribution in [1.82, 2.24) is 5.32 Å². The largest absolute Gasteiger partial charge is 0.466 e. The Hall–Kier alpha value is -1.26. The lowest BCUT2D eigenvalue weighted by Crippen LogP contribution is -2.35. The van der Waals surface area contributed by atoms with E-state index >= 15 is 0 Å². The smallest absolute Gasteiger partial charge is 0.407 e. The molecule has 106 valence electrons. The summed E-state index contributed by atoms with van der Waals surface area (Å²) < 4.78 is 9.90. The number of nitrogens with one attached hydrogen (secondary N) is 1. The first-order valence-corrected chi connectivity index (χ1v) is 6.69. The molecule has 1 N–H and O–H groups in total. The number of hydrogen-bond donors (Lipinski definition) is 1. The Bertz CT molecular complexity index is 243. The number of carbonyl (C=O) groups excluding carboxylic acids is 2. The highest BCUT2D eigenvalue weighted by molar-refractivity contribution is 5.72. The van der Waals surface area contributed by atoms with Crippen LogP contribution in [0.3, 0.4) is 0 Å². The monoisotopic (exact) mass is 259 g/mol. The summed E-state index contributed by atoms with van der Waals surface area (Å²) in [7, 11) is 0. The van der Waals surface area contributed by atoms with Crippen LogP contribution < -0.4 is 5.32 Å². The minimum atomic E-state index is -0.483. The quantitative estimate of drug-likeness (QED) is 0.510. The molecule has 1 atom stereocenters. The molecule has 18 heavy (non-hydrogen) atoms. The number of unbranched alkanes of at least 4 members (excludes halogenated alkanes) is 2. The van der Waals surface area contributed by atoms with Crippen LogP contribution in [0.5, 0.6) is 0 Å². The van der Waals surface area contributed by atoms with Gasteiger partial charge in [0.15, 0.2) is 0 Å². The van der Waals surface area contributed by atoms with Crippen LogP contribution in [0, 0.1) is 0 Å². The van der Waals surface area contributed by atoms with Gasteiger partial charge in [0.1, 0.15) is 0 Å². The van der Waals surface area contributed by atoms with Gasteiger partial charge in [0.2, 0.25) is 0 Å². The maximum atomic E-state index is 11.4. The van der Waals surface area contributed by atoms with Gasteiger partial charge in [-0.25, -0.2) is 4.79 Å². The first-order chi connectivity index (χ1) is 8.60. The Morgan fingerprint density at radius 3 is 2.39 bits per heavy atom. The topological polar surface area (TPSA) is 64.6 Å². The molecule has 0 aromatic rings. The number of amides is 1. The van der Waals surface area contributed by atoms with E-state index in [1.54, 1.807) is 6.92 Å². The highest BCUT2D eigenvalue weighted by Crippen LogP contribution is 1.99. The van der Waals surface area contributed by atoms with Crippen molar-refractivity contribution in [3.8, 4) is 0 Å². The number of alkyl carbamates (subject to hydrolysis) is 1. The SMILES string of the molecule is CCCCCOC(=O)CC(C)NC(=O)OCCC. The molecule has 0 saturated heterocycles. The van der Waals surface area contributed by atoms with Crippen molar-refractivity contribution in [2.24, 2.45) is 0 Å². The zero-order chi connectivity index (χ0) is 13.8. The molecular formula is C13H25NO4. The molecule has 0 aromatic carbocycles. The lowest BCUT2D eigenvalue weighted by Gasteiger charge is -2.13. The number of esters is 1. The molecule has 0 spiro atoms. The summed E-state index contributed by atoms with van der Waals surface area (Å²) >= 11 is 0. The van der Waals surface area contributed by atoms with Crippen molar-refractivity contribution in [2.75, 3.05) is 13.2 Å².